The summed E-state index contributed by atoms with van der Waals surface area (Å²) in [5.74, 6) is 0. The highest BCUT2D eigenvalue weighted by Gasteiger charge is 2.23. The Bertz CT molecular complexity index is 3560. The summed E-state index contributed by atoms with van der Waals surface area (Å²) in [7, 11) is 0. The van der Waals surface area contributed by atoms with Crippen molar-refractivity contribution >= 4 is 65.4 Å². The molecule has 242 valence electrons. The zero-order valence-corrected chi connectivity index (χ0v) is 27.5. The van der Waals surface area contributed by atoms with Crippen molar-refractivity contribution in [2.75, 3.05) is 0 Å². The molecule has 11 rings (SSSR count). The minimum atomic E-state index is -0.460. The largest absolute Gasteiger partial charge is 0.456 e. The second kappa shape index (κ2) is 11.3. The number of hydrogen-bond acceptors (Lipinski definition) is 2. The van der Waals surface area contributed by atoms with Gasteiger partial charge in [0.15, 0.2) is 0 Å². The van der Waals surface area contributed by atoms with E-state index in [1.807, 2.05) is 103 Å². The first-order valence-electron chi connectivity index (χ1n) is 21.1. The van der Waals surface area contributed by atoms with Gasteiger partial charge >= 0.3 is 0 Å². The van der Waals surface area contributed by atoms with Crippen LogP contribution in [0.5, 0.6) is 0 Å². The van der Waals surface area contributed by atoms with Gasteiger partial charge < -0.3 is 8.83 Å². The molecule has 2 nitrogen and oxygen atoms in total. The quantitative estimate of drug-likeness (QED) is 0.174. The van der Waals surface area contributed by atoms with Gasteiger partial charge in [-0.05, 0) is 90.8 Å². The molecule has 2 aromatic heterocycles. The van der Waals surface area contributed by atoms with Crippen LogP contribution in [0.1, 0.15) is 11.0 Å². The van der Waals surface area contributed by atoms with E-state index in [9.17, 15) is 5.48 Å². The van der Waals surface area contributed by atoms with Crippen molar-refractivity contribution in [3.05, 3.63) is 182 Å². The van der Waals surface area contributed by atoms with Crippen molar-refractivity contribution in [3.8, 4) is 44.5 Å². The van der Waals surface area contributed by atoms with Crippen LogP contribution in [0, 0.1) is 0 Å². The van der Waals surface area contributed by atoms with Gasteiger partial charge in [0.1, 0.15) is 22.3 Å². The summed E-state index contributed by atoms with van der Waals surface area (Å²) in [4.78, 5) is 0. The Hall–Kier alpha value is -6.90. The normalized spacial score (nSPS) is 14.0. The van der Waals surface area contributed by atoms with Crippen LogP contribution < -0.4 is 0 Å². The van der Waals surface area contributed by atoms with Crippen LogP contribution >= 0.6 is 0 Å². The third-order valence-electron chi connectivity index (χ3n) is 10.1. The predicted octanol–water partition coefficient (Wildman–Crippen LogP) is 14.5. The molecule has 0 fully saturated rings. The minimum Gasteiger partial charge on any atom is -0.456 e. The van der Waals surface area contributed by atoms with Gasteiger partial charge in [0, 0.05) is 27.1 Å². The van der Waals surface area contributed by atoms with Gasteiger partial charge in [0.05, 0.1) is 11.0 Å². The van der Waals surface area contributed by atoms with E-state index in [4.69, 9.17) is 14.3 Å². The van der Waals surface area contributed by atoms with E-state index in [-0.39, 0.29) is 56.8 Å². The standard InChI is InChI=1S/C50H30O2/c1-2-14-31(15-3-1)33-16-4-5-17-34(33)40-27-28-42(49-41-23-11-13-25-45(41)52-50(40)49)48-38-21-8-6-19-36(38)47(37-20-7-9-22-39(37)48)32-26-29-46-43(30-32)35-18-10-12-24-44(35)51-46/h1-30H/i6D,7D,8D,9D,19D,20D,21D,22D. The van der Waals surface area contributed by atoms with E-state index in [1.165, 1.54) is 0 Å². The van der Waals surface area contributed by atoms with Crippen molar-refractivity contribution < 1.29 is 19.8 Å². The predicted molar refractivity (Wildman–Crippen MR) is 218 cm³/mol. The molecule has 9 aromatic carbocycles. The molecule has 0 aliphatic rings. The topological polar surface area (TPSA) is 26.3 Å². The van der Waals surface area contributed by atoms with Crippen LogP contribution in [-0.4, -0.2) is 0 Å². The van der Waals surface area contributed by atoms with Crippen LogP contribution in [0.25, 0.3) is 110 Å². The smallest absolute Gasteiger partial charge is 0.143 e. The van der Waals surface area contributed by atoms with Gasteiger partial charge in [-0.3, -0.25) is 0 Å². The molecule has 52 heavy (non-hydrogen) atoms. The highest BCUT2D eigenvalue weighted by molar-refractivity contribution is 6.27. The van der Waals surface area contributed by atoms with Crippen LogP contribution in [0.2, 0.25) is 0 Å². The summed E-state index contributed by atoms with van der Waals surface area (Å²) >= 11 is 0. The SMILES string of the molecule is [2H]c1c([2H])c([2H])c2c(-c3ccc(-c4ccccc4-c4ccccc4)c4oc5ccccc5c34)c3c([2H])c([2H])c([2H])c([2H])c3c(-c3ccc4oc5ccccc5c4c3)c2c1[2H]. The van der Waals surface area contributed by atoms with Gasteiger partial charge in [-0.2, -0.15) is 0 Å². The lowest BCUT2D eigenvalue weighted by molar-refractivity contribution is 0.669. The number of rotatable bonds is 4. The highest BCUT2D eigenvalue weighted by Crippen LogP contribution is 2.49. The lowest BCUT2D eigenvalue weighted by Gasteiger charge is -2.19. The van der Waals surface area contributed by atoms with Gasteiger partial charge in [0.2, 0.25) is 0 Å². The molecule has 0 saturated heterocycles. The van der Waals surface area contributed by atoms with Crippen molar-refractivity contribution in [2.24, 2.45) is 0 Å². The average molecular weight is 671 g/mol. The molecule has 0 bridgehead atoms. The fraction of sp³-hybridized carbons (Fsp3) is 0. The third-order valence-corrected chi connectivity index (χ3v) is 10.1. The number of hydrogen-bond donors (Lipinski definition) is 0. The maximum absolute atomic E-state index is 9.60. The Morgan fingerprint density at radius 2 is 0.904 bits per heavy atom. The highest BCUT2D eigenvalue weighted by atomic mass is 16.3. The fourth-order valence-electron chi connectivity index (χ4n) is 7.90. The Morgan fingerprint density at radius 1 is 0.346 bits per heavy atom. The average Bonchev–Trinajstić information content (AvgIpc) is 3.87. The number of para-hydroxylation sites is 2. The first-order valence-corrected chi connectivity index (χ1v) is 17.1. The van der Waals surface area contributed by atoms with E-state index in [0.29, 0.717) is 38.8 Å². The van der Waals surface area contributed by atoms with Crippen LogP contribution in [-0.2, 0) is 0 Å². The summed E-state index contributed by atoms with van der Waals surface area (Å²) in [5.41, 5.74) is 7.65. The molecule has 11 aromatic rings. The zero-order valence-electron chi connectivity index (χ0n) is 35.5. The molecule has 0 N–H and O–H groups in total. The summed E-state index contributed by atoms with van der Waals surface area (Å²) in [6.45, 7) is 0. The first-order chi connectivity index (χ1) is 29.1. The van der Waals surface area contributed by atoms with Crippen LogP contribution in [0.15, 0.2) is 191 Å². The Morgan fingerprint density at radius 3 is 1.63 bits per heavy atom. The maximum Gasteiger partial charge on any atom is 0.143 e. The Labute approximate surface area is 311 Å². The van der Waals surface area contributed by atoms with E-state index in [0.717, 1.165) is 38.4 Å². The molecule has 2 heteroatoms. The minimum absolute atomic E-state index is 0.134. The maximum atomic E-state index is 9.60. The van der Waals surface area contributed by atoms with Crippen molar-refractivity contribution in [1.82, 2.24) is 0 Å². The summed E-state index contributed by atoms with van der Waals surface area (Å²) in [5, 5.41) is 3.53. The molecule has 0 aliphatic carbocycles. The van der Waals surface area contributed by atoms with Crippen molar-refractivity contribution in [2.45, 2.75) is 0 Å². The molecule has 2 heterocycles. The lowest BCUT2D eigenvalue weighted by Crippen LogP contribution is -1.92. The van der Waals surface area contributed by atoms with Crippen molar-refractivity contribution in [1.29, 1.82) is 0 Å². The summed E-state index contributed by atoms with van der Waals surface area (Å²) in [6.07, 6.45) is 0. The molecule has 0 aliphatic heterocycles. The summed E-state index contributed by atoms with van der Waals surface area (Å²) in [6, 6.07) is 39.4. The molecule has 0 unspecified atom stereocenters. The monoisotopic (exact) mass is 670 g/mol. The van der Waals surface area contributed by atoms with E-state index in [1.54, 1.807) is 12.1 Å². The van der Waals surface area contributed by atoms with Gasteiger partial charge in [-0.15, -0.1) is 0 Å². The molecule has 0 saturated carbocycles. The van der Waals surface area contributed by atoms with Gasteiger partial charge in [-0.25, -0.2) is 0 Å². The molecule has 0 radical (unpaired) electrons. The van der Waals surface area contributed by atoms with E-state index >= 15 is 0 Å². The number of furan rings is 2. The second-order valence-electron chi connectivity index (χ2n) is 12.9. The first kappa shape index (κ1) is 22.0. The van der Waals surface area contributed by atoms with Crippen LogP contribution in [0.4, 0.5) is 0 Å². The molecule has 0 amide bonds. The van der Waals surface area contributed by atoms with Crippen molar-refractivity contribution in [3.63, 3.8) is 0 Å². The Balaban J connectivity index is 1.35. The number of benzene rings is 9. The fourth-order valence-corrected chi connectivity index (χ4v) is 7.90. The third kappa shape index (κ3) is 4.25. The molecular weight excluding hydrogens is 633 g/mol. The van der Waals surface area contributed by atoms with Gasteiger partial charge in [0.25, 0.3) is 0 Å². The lowest BCUT2D eigenvalue weighted by atomic mass is 9.84. The van der Waals surface area contributed by atoms with Crippen LogP contribution in [0.3, 0.4) is 0 Å². The zero-order chi connectivity index (χ0) is 41.1. The van der Waals surface area contributed by atoms with Gasteiger partial charge in [-0.1, -0.05) is 151 Å². The van der Waals surface area contributed by atoms with E-state index < -0.39 is 24.2 Å². The number of fused-ring (bicyclic) bond motifs is 8. The Kier molecular flexibility index (Phi) is 4.79. The van der Waals surface area contributed by atoms with E-state index in [2.05, 4.69) is 18.2 Å². The summed E-state index contributed by atoms with van der Waals surface area (Å²) < 4.78 is 87.0. The molecule has 0 spiro atoms. The molecule has 0 atom stereocenters. The second-order valence-corrected chi connectivity index (χ2v) is 12.9. The molecular formula is C50H30O2.